The van der Waals surface area contributed by atoms with E-state index < -0.39 is 11.6 Å². The first-order chi connectivity index (χ1) is 4.24. The molecule has 0 amide bonds. The minimum Gasteiger partial charge on any atom is -0.542 e. The van der Waals surface area contributed by atoms with E-state index in [-0.39, 0.29) is 29.6 Å². The Hall–Kier alpha value is 0.160. The Labute approximate surface area is 85.3 Å². The zero-order chi connectivity index (χ0) is 8.12. The number of hydrogen-bond donors (Lipinski definition) is 0. The fourth-order valence-corrected chi connectivity index (χ4v) is 0. The largest absolute Gasteiger partial charge is 1.00 e. The molecule has 0 aliphatic heterocycles. The van der Waals surface area contributed by atoms with Crippen molar-refractivity contribution >= 4 is 24.1 Å². The predicted molar refractivity (Wildman–Crippen MR) is 31.7 cm³/mol. The van der Waals surface area contributed by atoms with Gasteiger partial charge in [0.05, 0.1) is 0 Å². The molecule has 0 saturated carbocycles. The molecule has 4 nitrogen and oxygen atoms in total. The van der Waals surface area contributed by atoms with Crippen molar-refractivity contribution in [3.05, 3.63) is 0 Å². The van der Waals surface area contributed by atoms with E-state index in [0.29, 0.717) is 0 Å². The van der Waals surface area contributed by atoms with E-state index in [1.54, 1.807) is 0 Å². The standard InChI is InChI=1S/2C2H3O.Na.O2S/c2*1-2-3;;1-3-2/h2*1H3;;/q2*-1;+1;. The number of carbonyl (C=O) groups excluding carboxylic acids is 2. The van der Waals surface area contributed by atoms with Gasteiger partial charge in [-0.25, -0.2) is 0 Å². The van der Waals surface area contributed by atoms with E-state index in [4.69, 9.17) is 18.0 Å². The first kappa shape index (κ1) is 22.5. The Kier molecular flexibility index (Phi) is 137. The summed E-state index contributed by atoms with van der Waals surface area (Å²) in [5.41, 5.74) is 0. The first-order valence-corrected chi connectivity index (χ1v) is 2.41. The molecular formula is C4H6NaO4S-. The molecule has 10 heavy (non-hydrogen) atoms. The van der Waals surface area contributed by atoms with E-state index in [2.05, 4.69) is 0 Å². The fraction of sp³-hybridized carbons (Fsp3) is 0.500. The average molecular weight is 173 g/mol. The van der Waals surface area contributed by atoms with Gasteiger partial charge in [0.1, 0.15) is 0 Å². The van der Waals surface area contributed by atoms with E-state index in [9.17, 15) is 0 Å². The van der Waals surface area contributed by atoms with E-state index >= 15 is 0 Å². The molecule has 54 valence electrons. The molecule has 0 fully saturated rings. The Morgan fingerprint density at radius 2 is 1.00 bits per heavy atom. The minimum atomic E-state index is -0.750. The molecule has 0 spiro atoms. The van der Waals surface area contributed by atoms with Crippen LogP contribution in [0.25, 0.3) is 0 Å². The monoisotopic (exact) mass is 173 g/mol. The fourth-order valence-electron chi connectivity index (χ4n) is 0. The maximum atomic E-state index is 8.68. The van der Waals surface area contributed by atoms with Crippen LogP contribution in [-0.2, 0) is 21.2 Å². The molecule has 0 bridgehead atoms. The second kappa shape index (κ2) is 61.1. The van der Waals surface area contributed by atoms with Crippen molar-refractivity contribution in [2.45, 2.75) is 13.8 Å². The van der Waals surface area contributed by atoms with E-state index in [1.165, 1.54) is 26.4 Å². The van der Waals surface area contributed by atoms with Crippen molar-refractivity contribution in [3.63, 3.8) is 0 Å². The Morgan fingerprint density at radius 1 is 1.00 bits per heavy atom. The zero-order valence-corrected chi connectivity index (χ0v) is 8.86. The van der Waals surface area contributed by atoms with Crippen LogP contribution in [0.1, 0.15) is 13.8 Å². The van der Waals surface area contributed by atoms with Crippen molar-refractivity contribution < 1.29 is 47.6 Å². The van der Waals surface area contributed by atoms with Gasteiger partial charge in [-0.05, 0) is 0 Å². The molecule has 0 aromatic rings. The van der Waals surface area contributed by atoms with Gasteiger partial charge in [0, 0.05) is 0 Å². The quantitative estimate of drug-likeness (QED) is 0.282. The molecular weight excluding hydrogens is 167 g/mol. The molecule has 0 aliphatic carbocycles. The Balaban J connectivity index is -0.0000000257. The molecule has 0 aromatic heterocycles. The first-order valence-electron chi connectivity index (χ1n) is 1.74. The summed E-state index contributed by atoms with van der Waals surface area (Å²) in [6.07, 6.45) is 3.00. The average Bonchev–Trinajstić information content (AvgIpc) is 1.70. The topological polar surface area (TPSA) is 68.3 Å². The van der Waals surface area contributed by atoms with Crippen LogP contribution in [0.15, 0.2) is 0 Å². The van der Waals surface area contributed by atoms with Crippen molar-refractivity contribution in [2.75, 3.05) is 0 Å². The Bertz CT molecular complexity index is 83.3. The molecule has 6 heteroatoms. The van der Waals surface area contributed by atoms with E-state index in [1.807, 2.05) is 0 Å². The molecule has 0 rings (SSSR count). The molecule has 0 atom stereocenters. The SMILES string of the molecule is C[C-]=O.C[C-]=O.O=S=O.[Na+]. The third kappa shape index (κ3) is 16300. The predicted octanol–water partition coefficient (Wildman–Crippen LogP) is -3.43. The second-order valence-electron chi connectivity index (χ2n) is 0.476. The van der Waals surface area contributed by atoms with Gasteiger partial charge in [0.2, 0.25) is 0 Å². The summed E-state index contributed by atoms with van der Waals surface area (Å²) >= 11 is -0.750. The summed E-state index contributed by atoms with van der Waals surface area (Å²) in [5, 5.41) is 0. The van der Waals surface area contributed by atoms with Crippen LogP contribution < -0.4 is 29.6 Å². The molecule has 0 aromatic carbocycles. The van der Waals surface area contributed by atoms with Gasteiger partial charge in [0.15, 0.2) is 0 Å². The van der Waals surface area contributed by atoms with Crippen LogP contribution in [-0.4, -0.2) is 21.0 Å². The van der Waals surface area contributed by atoms with Gasteiger partial charge in [-0.15, -0.1) is 0 Å². The maximum Gasteiger partial charge on any atom is 1.00 e. The smallest absolute Gasteiger partial charge is 0.542 e. The Morgan fingerprint density at radius 3 is 1.00 bits per heavy atom. The molecule has 0 unspecified atom stereocenters. The molecule has 0 aliphatic rings. The van der Waals surface area contributed by atoms with Crippen LogP contribution in [0.3, 0.4) is 0 Å². The van der Waals surface area contributed by atoms with Gasteiger partial charge >= 0.3 is 41.1 Å². The summed E-state index contributed by atoms with van der Waals surface area (Å²) in [7, 11) is 0. The van der Waals surface area contributed by atoms with Crippen molar-refractivity contribution in [3.8, 4) is 0 Å². The molecule has 0 heterocycles. The van der Waals surface area contributed by atoms with Gasteiger partial charge in [-0.2, -0.15) is 22.3 Å². The third-order valence-electron chi connectivity index (χ3n) is 0. The summed E-state index contributed by atoms with van der Waals surface area (Å²) in [4.78, 5) is 17.4. The number of hydrogen-bond acceptors (Lipinski definition) is 4. The van der Waals surface area contributed by atoms with Crippen LogP contribution in [0, 0.1) is 0 Å². The van der Waals surface area contributed by atoms with Gasteiger partial charge in [0.25, 0.3) is 0 Å². The van der Waals surface area contributed by atoms with Crippen molar-refractivity contribution in [1.82, 2.24) is 0 Å². The second-order valence-corrected chi connectivity index (χ2v) is 0.612. The van der Waals surface area contributed by atoms with E-state index in [0.717, 1.165) is 0 Å². The summed E-state index contributed by atoms with van der Waals surface area (Å²) < 4.78 is 16.6. The normalized spacial score (nSPS) is 3.80. The molecule has 0 radical (unpaired) electrons. The van der Waals surface area contributed by atoms with Crippen LogP contribution in [0.4, 0.5) is 0 Å². The van der Waals surface area contributed by atoms with Crippen LogP contribution in [0.2, 0.25) is 0 Å². The molecule has 0 saturated heterocycles. The molecule has 0 N–H and O–H groups in total. The summed E-state index contributed by atoms with van der Waals surface area (Å²) in [5.74, 6) is 0. The van der Waals surface area contributed by atoms with Gasteiger partial charge in [-0.1, -0.05) is 0 Å². The summed E-state index contributed by atoms with van der Waals surface area (Å²) in [6, 6.07) is 0. The van der Waals surface area contributed by atoms with Crippen molar-refractivity contribution in [1.29, 1.82) is 0 Å². The minimum absolute atomic E-state index is 0. The third-order valence-corrected chi connectivity index (χ3v) is 0. The van der Waals surface area contributed by atoms with Gasteiger partial charge in [-0.3, -0.25) is 12.6 Å². The maximum absolute atomic E-state index is 8.68. The van der Waals surface area contributed by atoms with Crippen LogP contribution >= 0.6 is 0 Å². The number of rotatable bonds is 0. The summed E-state index contributed by atoms with van der Waals surface area (Å²) in [6.45, 7) is 2.64. The van der Waals surface area contributed by atoms with Crippen molar-refractivity contribution in [2.24, 2.45) is 0 Å². The van der Waals surface area contributed by atoms with Gasteiger partial charge < -0.3 is 9.59 Å². The zero-order valence-electron chi connectivity index (χ0n) is 6.04. The van der Waals surface area contributed by atoms with Crippen LogP contribution in [0.5, 0.6) is 0 Å².